The molecular formula is C27H31Cl2N3O4S. The van der Waals surface area contributed by atoms with Gasteiger partial charge in [0.2, 0.25) is 21.8 Å². The van der Waals surface area contributed by atoms with Crippen molar-refractivity contribution in [3.63, 3.8) is 0 Å². The Balaban J connectivity index is 2.07. The van der Waals surface area contributed by atoms with Gasteiger partial charge >= 0.3 is 0 Å². The first-order valence-corrected chi connectivity index (χ1v) is 14.5. The van der Waals surface area contributed by atoms with Crippen LogP contribution in [0.4, 0.5) is 5.69 Å². The highest BCUT2D eigenvalue weighted by molar-refractivity contribution is 7.92. The number of fused-ring (bicyclic) bond motifs is 1. The normalized spacial score (nSPS) is 12.4. The van der Waals surface area contributed by atoms with E-state index in [1.807, 2.05) is 38.1 Å². The second kappa shape index (κ2) is 12.2. The average Bonchev–Trinajstić information content (AvgIpc) is 2.82. The standard InChI is InChI=1S/C27H31Cl2N3O4S/c1-5-24(27(34)30-18(2)3)31(16-21-22(28)13-9-14-23(21)29)26(33)17-32(37(4,35)36)25-15-8-11-19-10-6-7-12-20(19)25/h6-15,18,24H,5,16-17H2,1-4H3,(H,30,34). The Morgan fingerprint density at radius 1 is 0.946 bits per heavy atom. The van der Waals surface area contributed by atoms with E-state index >= 15 is 0 Å². The van der Waals surface area contributed by atoms with Crippen molar-refractivity contribution in [3.05, 3.63) is 76.3 Å². The van der Waals surface area contributed by atoms with E-state index < -0.39 is 28.5 Å². The van der Waals surface area contributed by atoms with Crippen LogP contribution in [0.25, 0.3) is 10.8 Å². The molecule has 0 aliphatic heterocycles. The summed E-state index contributed by atoms with van der Waals surface area (Å²) >= 11 is 12.8. The van der Waals surface area contributed by atoms with Gasteiger partial charge in [-0.1, -0.05) is 72.6 Å². The summed E-state index contributed by atoms with van der Waals surface area (Å²) in [5.41, 5.74) is 0.857. The third-order valence-corrected chi connectivity index (χ3v) is 7.76. The molecule has 0 aromatic heterocycles. The van der Waals surface area contributed by atoms with Gasteiger partial charge in [0.15, 0.2) is 0 Å². The summed E-state index contributed by atoms with van der Waals surface area (Å²) in [5.74, 6) is -0.898. The minimum absolute atomic E-state index is 0.0610. The average molecular weight is 565 g/mol. The lowest BCUT2D eigenvalue weighted by Crippen LogP contribution is -2.53. The lowest BCUT2D eigenvalue weighted by Gasteiger charge is -2.33. The number of anilines is 1. The molecule has 0 saturated heterocycles. The third kappa shape index (κ3) is 6.94. The number of hydrogen-bond donors (Lipinski definition) is 1. The van der Waals surface area contributed by atoms with Crippen LogP contribution < -0.4 is 9.62 Å². The van der Waals surface area contributed by atoms with Crippen molar-refractivity contribution in [3.8, 4) is 0 Å². The molecule has 0 aliphatic rings. The van der Waals surface area contributed by atoms with E-state index in [-0.39, 0.29) is 18.5 Å². The van der Waals surface area contributed by atoms with Crippen LogP contribution in [-0.4, -0.2) is 50.0 Å². The molecule has 3 aromatic rings. The molecule has 37 heavy (non-hydrogen) atoms. The van der Waals surface area contributed by atoms with Crippen molar-refractivity contribution < 1.29 is 18.0 Å². The zero-order valence-electron chi connectivity index (χ0n) is 21.2. The van der Waals surface area contributed by atoms with Gasteiger partial charge in [-0.15, -0.1) is 0 Å². The van der Waals surface area contributed by atoms with Gasteiger partial charge in [-0.3, -0.25) is 13.9 Å². The fourth-order valence-corrected chi connectivity index (χ4v) is 5.55. The molecule has 0 bridgehead atoms. The smallest absolute Gasteiger partial charge is 0.244 e. The Bertz CT molecular complexity index is 1370. The lowest BCUT2D eigenvalue weighted by molar-refractivity contribution is -0.140. The first-order chi connectivity index (χ1) is 17.4. The van der Waals surface area contributed by atoms with Gasteiger partial charge in [0.25, 0.3) is 0 Å². The first-order valence-electron chi connectivity index (χ1n) is 11.9. The second-order valence-electron chi connectivity index (χ2n) is 9.08. The summed E-state index contributed by atoms with van der Waals surface area (Å²) in [6, 6.07) is 16.6. The fraction of sp³-hybridized carbons (Fsp3) is 0.333. The summed E-state index contributed by atoms with van der Waals surface area (Å²) in [5, 5.41) is 5.07. The van der Waals surface area contributed by atoms with E-state index in [2.05, 4.69) is 5.32 Å². The number of hydrogen-bond acceptors (Lipinski definition) is 4. The zero-order chi connectivity index (χ0) is 27.3. The first kappa shape index (κ1) is 28.8. The molecule has 3 rings (SSSR count). The second-order valence-corrected chi connectivity index (χ2v) is 11.8. The van der Waals surface area contributed by atoms with E-state index in [1.54, 1.807) is 43.3 Å². The van der Waals surface area contributed by atoms with Crippen LogP contribution in [0.2, 0.25) is 10.0 Å². The molecule has 3 aromatic carbocycles. The molecule has 1 atom stereocenters. The molecule has 2 amide bonds. The van der Waals surface area contributed by atoms with E-state index in [0.717, 1.165) is 15.9 Å². The van der Waals surface area contributed by atoms with Gasteiger partial charge in [0.1, 0.15) is 12.6 Å². The summed E-state index contributed by atoms with van der Waals surface area (Å²) in [6.07, 6.45) is 1.36. The summed E-state index contributed by atoms with van der Waals surface area (Å²) < 4.78 is 27.0. The maximum atomic E-state index is 13.9. The van der Waals surface area contributed by atoms with Crippen molar-refractivity contribution in [2.45, 2.75) is 45.8 Å². The molecular weight excluding hydrogens is 533 g/mol. The molecule has 0 fully saturated rings. The van der Waals surface area contributed by atoms with Gasteiger partial charge in [-0.05, 0) is 43.9 Å². The predicted molar refractivity (Wildman–Crippen MR) is 151 cm³/mol. The van der Waals surface area contributed by atoms with E-state index in [1.165, 1.54) is 4.90 Å². The topological polar surface area (TPSA) is 86.8 Å². The molecule has 0 radical (unpaired) electrons. The van der Waals surface area contributed by atoms with Crippen LogP contribution >= 0.6 is 23.2 Å². The molecule has 1 unspecified atom stereocenters. The number of halogens is 2. The Hall–Kier alpha value is -2.81. The minimum atomic E-state index is -3.87. The lowest BCUT2D eigenvalue weighted by atomic mass is 10.1. The summed E-state index contributed by atoms with van der Waals surface area (Å²) in [4.78, 5) is 28.4. The van der Waals surface area contributed by atoms with E-state index in [0.29, 0.717) is 33.1 Å². The van der Waals surface area contributed by atoms with E-state index in [4.69, 9.17) is 23.2 Å². The van der Waals surface area contributed by atoms with Gasteiger partial charge in [0.05, 0.1) is 11.9 Å². The molecule has 7 nitrogen and oxygen atoms in total. The van der Waals surface area contributed by atoms with Crippen molar-refractivity contribution in [1.82, 2.24) is 10.2 Å². The number of carbonyl (C=O) groups is 2. The Kier molecular flexibility index (Phi) is 9.45. The summed E-state index contributed by atoms with van der Waals surface area (Å²) in [6.45, 7) is 4.88. The number of sulfonamides is 1. The number of rotatable bonds is 10. The number of nitrogens with zero attached hydrogens (tertiary/aromatic N) is 2. The minimum Gasteiger partial charge on any atom is -0.352 e. The van der Waals surface area contributed by atoms with Crippen LogP contribution in [0.3, 0.4) is 0 Å². The van der Waals surface area contributed by atoms with Gasteiger partial charge < -0.3 is 10.2 Å². The van der Waals surface area contributed by atoms with Crippen LogP contribution in [0.15, 0.2) is 60.7 Å². The quantitative estimate of drug-likeness (QED) is 0.365. The fourth-order valence-electron chi connectivity index (χ4n) is 4.17. The molecule has 0 heterocycles. The van der Waals surface area contributed by atoms with Gasteiger partial charge in [-0.2, -0.15) is 0 Å². The van der Waals surface area contributed by atoms with Crippen LogP contribution in [0.1, 0.15) is 32.8 Å². The Morgan fingerprint density at radius 3 is 2.14 bits per heavy atom. The monoisotopic (exact) mass is 563 g/mol. The van der Waals surface area contributed by atoms with Crippen LogP contribution in [-0.2, 0) is 26.2 Å². The highest BCUT2D eigenvalue weighted by Gasteiger charge is 2.33. The van der Waals surface area contributed by atoms with Gasteiger partial charge in [0, 0.05) is 33.6 Å². The molecule has 198 valence electrons. The van der Waals surface area contributed by atoms with Crippen molar-refractivity contribution in [1.29, 1.82) is 0 Å². The van der Waals surface area contributed by atoms with Crippen LogP contribution in [0.5, 0.6) is 0 Å². The number of amides is 2. The summed E-state index contributed by atoms with van der Waals surface area (Å²) in [7, 11) is -3.87. The van der Waals surface area contributed by atoms with Gasteiger partial charge in [-0.25, -0.2) is 8.42 Å². The highest BCUT2D eigenvalue weighted by Crippen LogP contribution is 2.30. The third-order valence-electron chi connectivity index (χ3n) is 5.92. The Labute approximate surface area is 228 Å². The molecule has 0 spiro atoms. The zero-order valence-corrected chi connectivity index (χ0v) is 23.6. The highest BCUT2D eigenvalue weighted by atomic mass is 35.5. The molecule has 0 aliphatic carbocycles. The SMILES string of the molecule is CCC(C(=O)NC(C)C)N(Cc1c(Cl)cccc1Cl)C(=O)CN(c1cccc2ccccc12)S(C)(=O)=O. The van der Waals surface area contributed by atoms with E-state index in [9.17, 15) is 18.0 Å². The largest absolute Gasteiger partial charge is 0.352 e. The molecule has 1 N–H and O–H groups in total. The number of nitrogens with one attached hydrogen (secondary N) is 1. The molecule has 10 heteroatoms. The predicted octanol–water partition coefficient (Wildman–Crippen LogP) is 5.24. The maximum Gasteiger partial charge on any atom is 0.244 e. The molecule has 0 saturated carbocycles. The van der Waals surface area contributed by atoms with Crippen molar-refractivity contribution in [2.75, 3.05) is 17.1 Å². The van der Waals surface area contributed by atoms with Crippen molar-refractivity contribution >= 4 is 61.5 Å². The van der Waals surface area contributed by atoms with Crippen molar-refractivity contribution in [2.24, 2.45) is 0 Å². The Morgan fingerprint density at radius 2 is 1.54 bits per heavy atom. The number of benzene rings is 3. The van der Waals surface area contributed by atoms with Crippen LogP contribution in [0, 0.1) is 0 Å². The number of carbonyl (C=O) groups excluding carboxylic acids is 2. The maximum absolute atomic E-state index is 13.9.